The maximum Gasteiger partial charge on any atom is 0.271 e. The number of nitro benzene ring substituents is 1. The van der Waals surface area contributed by atoms with Crippen molar-refractivity contribution in [2.24, 2.45) is 0 Å². The Balaban J connectivity index is 2.03. The van der Waals surface area contributed by atoms with Crippen molar-refractivity contribution in [3.8, 4) is 0 Å². The monoisotopic (exact) mass is 255 g/mol. The van der Waals surface area contributed by atoms with Crippen molar-refractivity contribution in [2.75, 3.05) is 17.2 Å². The number of fused-ring (bicyclic) bond motifs is 1. The molecule has 1 heterocycles. The van der Waals surface area contributed by atoms with Gasteiger partial charge >= 0.3 is 0 Å². The highest BCUT2D eigenvalue weighted by molar-refractivity contribution is 5.79. The zero-order valence-corrected chi connectivity index (χ0v) is 10.2. The molecule has 0 aliphatic carbocycles. The van der Waals surface area contributed by atoms with Crippen LogP contribution in [0.1, 0.15) is 5.56 Å². The summed E-state index contributed by atoms with van der Waals surface area (Å²) >= 11 is 0. The van der Waals surface area contributed by atoms with Crippen LogP contribution in [0.25, 0.3) is 0 Å². The number of hydrogen-bond acceptors (Lipinski definition) is 4. The standard InChI is InChI=1S/C14H13N3O2/c15-12-9-11(17(18)19)5-6-14(12)16-8-7-10-3-1-2-4-13(10)16/h1-6,9H,7-8,15H2. The number of nitrogen functional groups attached to an aromatic ring is 1. The van der Waals surface area contributed by atoms with Gasteiger partial charge in [-0.1, -0.05) is 18.2 Å². The summed E-state index contributed by atoms with van der Waals surface area (Å²) in [5.74, 6) is 0. The summed E-state index contributed by atoms with van der Waals surface area (Å²) in [7, 11) is 0. The van der Waals surface area contributed by atoms with Crippen LogP contribution in [0.2, 0.25) is 0 Å². The molecule has 19 heavy (non-hydrogen) atoms. The maximum atomic E-state index is 10.7. The molecule has 0 unspecified atom stereocenters. The lowest BCUT2D eigenvalue weighted by Gasteiger charge is -2.21. The van der Waals surface area contributed by atoms with Crippen LogP contribution in [0.5, 0.6) is 0 Å². The minimum Gasteiger partial charge on any atom is -0.397 e. The van der Waals surface area contributed by atoms with Gasteiger partial charge in [0.2, 0.25) is 0 Å². The fraction of sp³-hybridized carbons (Fsp3) is 0.143. The fourth-order valence-corrected chi connectivity index (χ4v) is 2.49. The van der Waals surface area contributed by atoms with Crippen molar-refractivity contribution >= 4 is 22.7 Å². The Kier molecular flexibility index (Phi) is 2.59. The number of non-ortho nitro benzene ring substituents is 1. The van der Waals surface area contributed by atoms with Crippen LogP contribution >= 0.6 is 0 Å². The Hall–Kier alpha value is -2.56. The van der Waals surface area contributed by atoms with Gasteiger partial charge in [0.05, 0.1) is 16.3 Å². The lowest BCUT2D eigenvalue weighted by Crippen LogP contribution is -2.15. The van der Waals surface area contributed by atoms with Gasteiger partial charge < -0.3 is 10.6 Å². The molecule has 96 valence electrons. The molecule has 2 aromatic rings. The van der Waals surface area contributed by atoms with E-state index in [-0.39, 0.29) is 5.69 Å². The summed E-state index contributed by atoms with van der Waals surface area (Å²) in [5, 5.41) is 10.7. The van der Waals surface area contributed by atoms with Crippen molar-refractivity contribution < 1.29 is 4.92 Å². The van der Waals surface area contributed by atoms with E-state index in [1.807, 2.05) is 18.2 Å². The fourth-order valence-electron chi connectivity index (χ4n) is 2.49. The number of nitrogens with two attached hydrogens (primary N) is 1. The average molecular weight is 255 g/mol. The van der Waals surface area contributed by atoms with Crippen molar-refractivity contribution in [3.05, 3.63) is 58.1 Å². The first-order valence-corrected chi connectivity index (χ1v) is 6.06. The quantitative estimate of drug-likeness (QED) is 0.508. The Bertz CT molecular complexity index is 655. The number of nitrogens with zero attached hydrogens (tertiary/aromatic N) is 2. The van der Waals surface area contributed by atoms with Gasteiger partial charge in [-0.2, -0.15) is 0 Å². The molecule has 0 atom stereocenters. The molecular weight excluding hydrogens is 242 g/mol. The van der Waals surface area contributed by atoms with E-state index in [2.05, 4.69) is 11.0 Å². The van der Waals surface area contributed by atoms with E-state index in [1.165, 1.54) is 17.7 Å². The number of rotatable bonds is 2. The third kappa shape index (κ3) is 1.89. The summed E-state index contributed by atoms with van der Waals surface area (Å²) in [6, 6.07) is 12.8. The van der Waals surface area contributed by atoms with Gasteiger partial charge in [0.25, 0.3) is 5.69 Å². The highest BCUT2D eigenvalue weighted by Gasteiger charge is 2.22. The van der Waals surface area contributed by atoms with Gasteiger partial charge in [-0.15, -0.1) is 0 Å². The van der Waals surface area contributed by atoms with Crippen LogP contribution in [-0.2, 0) is 6.42 Å². The SMILES string of the molecule is Nc1cc([N+](=O)[O-])ccc1N1CCc2ccccc21. The summed E-state index contributed by atoms with van der Waals surface area (Å²) in [5.41, 5.74) is 9.64. The Labute approximate surface area is 110 Å². The maximum absolute atomic E-state index is 10.7. The molecular formula is C14H13N3O2. The molecule has 1 aliphatic heterocycles. The number of hydrogen-bond donors (Lipinski definition) is 1. The van der Waals surface area contributed by atoms with E-state index >= 15 is 0 Å². The van der Waals surface area contributed by atoms with Gasteiger partial charge in [0.15, 0.2) is 0 Å². The molecule has 0 bridgehead atoms. The van der Waals surface area contributed by atoms with Gasteiger partial charge in [0.1, 0.15) is 0 Å². The summed E-state index contributed by atoms with van der Waals surface area (Å²) in [6.45, 7) is 0.849. The van der Waals surface area contributed by atoms with E-state index in [4.69, 9.17) is 5.73 Å². The molecule has 0 fully saturated rings. The van der Waals surface area contributed by atoms with Crippen molar-refractivity contribution in [1.82, 2.24) is 0 Å². The predicted octanol–water partition coefficient (Wildman–Crippen LogP) is 2.87. The van der Waals surface area contributed by atoms with Gasteiger partial charge in [-0.25, -0.2) is 0 Å². The summed E-state index contributed by atoms with van der Waals surface area (Å²) in [6.07, 6.45) is 0.965. The zero-order chi connectivity index (χ0) is 13.4. The first-order chi connectivity index (χ1) is 9.16. The average Bonchev–Trinajstić information content (AvgIpc) is 2.82. The smallest absolute Gasteiger partial charge is 0.271 e. The second-order valence-corrected chi connectivity index (χ2v) is 4.53. The highest BCUT2D eigenvalue weighted by Crippen LogP contribution is 2.38. The topological polar surface area (TPSA) is 72.4 Å². The molecule has 0 radical (unpaired) electrons. The normalized spacial score (nSPS) is 13.4. The van der Waals surface area contributed by atoms with Gasteiger partial charge in [-0.3, -0.25) is 10.1 Å². The Morgan fingerprint density at radius 1 is 1.16 bits per heavy atom. The second-order valence-electron chi connectivity index (χ2n) is 4.53. The van der Waals surface area contributed by atoms with Crippen LogP contribution in [0.4, 0.5) is 22.7 Å². The summed E-state index contributed by atoms with van der Waals surface area (Å²) in [4.78, 5) is 12.4. The van der Waals surface area contributed by atoms with Crippen LogP contribution < -0.4 is 10.6 Å². The number of benzene rings is 2. The lowest BCUT2D eigenvalue weighted by atomic mass is 10.1. The van der Waals surface area contributed by atoms with E-state index < -0.39 is 4.92 Å². The molecule has 5 heteroatoms. The number of para-hydroxylation sites is 1. The minimum absolute atomic E-state index is 0.0220. The first kappa shape index (κ1) is 11.5. The second kappa shape index (κ2) is 4.28. The predicted molar refractivity (Wildman–Crippen MR) is 74.7 cm³/mol. The highest BCUT2D eigenvalue weighted by atomic mass is 16.6. The van der Waals surface area contributed by atoms with Crippen molar-refractivity contribution in [2.45, 2.75) is 6.42 Å². The number of nitro groups is 1. The molecule has 2 aromatic carbocycles. The Morgan fingerprint density at radius 2 is 1.95 bits per heavy atom. The van der Waals surface area contributed by atoms with Crippen LogP contribution in [0.3, 0.4) is 0 Å². The molecule has 1 aliphatic rings. The molecule has 3 rings (SSSR count). The minimum atomic E-state index is -0.432. The van der Waals surface area contributed by atoms with Crippen LogP contribution in [-0.4, -0.2) is 11.5 Å². The molecule has 0 saturated carbocycles. The van der Waals surface area contributed by atoms with Crippen molar-refractivity contribution in [3.63, 3.8) is 0 Å². The largest absolute Gasteiger partial charge is 0.397 e. The number of anilines is 3. The third-order valence-corrected chi connectivity index (χ3v) is 3.40. The first-order valence-electron chi connectivity index (χ1n) is 6.06. The van der Waals surface area contributed by atoms with E-state index in [1.54, 1.807) is 6.07 Å². The van der Waals surface area contributed by atoms with Crippen molar-refractivity contribution in [1.29, 1.82) is 0 Å². The van der Waals surface area contributed by atoms with E-state index in [0.29, 0.717) is 5.69 Å². The molecule has 0 saturated heterocycles. The Morgan fingerprint density at radius 3 is 2.68 bits per heavy atom. The lowest BCUT2D eigenvalue weighted by molar-refractivity contribution is -0.384. The molecule has 0 spiro atoms. The molecule has 0 aromatic heterocycles. The van der Waals surface area contributed by atoms with Gasteiger partial charge in [-0.05, 0) is 24.1 Å². The zero-order valence-electron chi connectivity index (χ0n) is 10.2. The van der Waals surface area contributed by atoms with Gasteiger partial charge in [0, 0.05) is 24.4 Å². The van der Waals surface area contributed by atoms with E-state index in [0.717, 1.165) is 24.3 Å². The van der Waals surface area contributed by atoms with Crippen LogP contribution in [0.15, 0.2) is 42.5 Å². The molecule has 0 amide bonds. The van der Waals surface area contributed by atoms with E-state index in [9.17, 15) is 10.1 Å². The van der Waals surface area contributed by atoms with Crippen LogP contribution in [0, 0.1) is 10.1 Å². The molecule has 2 N–H and O–H groups in total. The third-order valence-electron chi connectivity index (χ3n) is 3.40. The molecule has 5 nitrogen and oxygen atoms in total. The summed E-state index contributed by atoms with van der Waals surface area (Å²) < 4.78 is 0.